The summed E-state index contributed by atoms with van der Waals surface area (Å²) in [5.41, 5.74) is 1.08. The molecule has 0 saturated carbocycles. The highest BCUT2D eigenvalue weighted by Crippen LogP contribution is 2.30. The van der Waals surface area contributed by atoms with Gasteiger partial charge in [0.1, 0.15) is 13.2 Å². The molecule has 0 saturated heterocycles. The van der Waals surface area contributed by atoms with E-state index in [0.29, 0.717) is 54.1 Å². The molecule has 0 unspecified atom stereocenters. The Morgan fingerprint density at radius 2 is 0.824 bits per heavy atom. The van der Waals surface area contributed by atoms with Crippen molar-refractivity contribution in [1.82, 2.24) is 0 Å². The molecule has 0 fully saturated rings. The maximum absolute atomic E-state index is 11.9. The van der Waals surface area contributed by atoms with E-state index in [-0.39, 0.29) is 25.2 Å². The molecule has 0 amide bonds. The number of esters is 2. The summed E-state index contributed by atoms with van der Waals surface area (Å²) < 4.78 is 10.5. The summed E-state index contributed by atoms with van der Waals surface area (Å²) in [6.07, 6.45) is 5.83. The van der Waals surface area contributed by atoms with E-state index >= 15 is 0 Å². The third kappa shape index (κ3) is 10.4. The van der Waals surface area contributed by atoms with Gasteiger partial charge in [0.2, 0.25) is 0 Å². The summed E-state index contributed by atoms with van der Waals surface area (Å²) in [6.45, 7) is 0.0282. The summed E-state index contributed by atoms with van der Waals surface area (Å²) >= 11 is 36.1. The van der Waals surface area contributed by atoms with E-state index in [1.54, 1.807) is 24.3 Å². The molecule has 0 heterocycles. The van der Waals surface area contributed by atoms with Gasteiger partial charge in [-0.15, -0.1) is 0 Å². The number of ether oxygens (including phenoxy) is 2. The first-order valence-electron chi connectivity index (χ1n) is 10.8. The molecule has 2 aromatic carbocycles. The third-order valence-corrected chi connectivity index (χ3v) is 6.76. The van der Waals surface area contributed by atoms with Crippen molar-refractivity contribution in [3.05, 3.63) is 65.5 Å². The van der Waals surface area contributed by atoms with Crippen LogP contribution in [0.4, 0.5) is 0 Å². The Kier molecular flexibility index (Phi) is 13.2. The third-order valence-electron chi connectivity index (χ3n) is 4.98. The fourth-order valence-corrected chi connectivity index (χ4v) is 4.97. The Morgan fingerprint density at radius 1 is 0.529 bits per heavy atom. The molecule has 0 aliphatic carbocycles. The van der Waals surface area contributed by atoms with Gasteiger partial charge in [0.15, 0.2) is 0 Å². The van der Waals surface area contributed by atoms with E-state index < -0.39 is 0 Å². The first kappa shape index (κ1) is 29.4. The second kappa shape index (κ2) is 15.3. The van der Waals surface area contributed by atoms with E-state index in [9.17, 15) is 9.59 Å². The van der Waals surface area contributed by atoms with Gasteiger partial charge in [-0.05, 0) is 37.1 Å². The average molecular weight is 589 g/mol. The zero-order valence-electron chi connectivity index (χ0n) is 18.3. The minimum absolute atomic E-state index is 0.0141. The van der Waals surface area contributed by atoms with Crippen molar-refractivity contribution >= 4 is 81.5 Å². The molecule has 0 bridgehead atoms. The van der Waals surface area contributed by atoms with Crippen molar-refractivity contribution in [3.63, 3.8) is 0 Å². The van der Waals surface area contributed by atoms with Crippen LogP contribution in [0.2, 0.25) is 30.1 Å². The number of halogens is 6. The fraction of sp³-hybridized carbons (Fsp3) is 0.417. The average Bonchev–Trinajstić information content (AvgIpc) is 2.74. The van der Waals surface area contributed by atoms with Crippen LogP contribution in [0.25, 0.3) is 0 Å². The maximum Gasteiger partial charge on any atom is 0.306 e. The normalized spacial score (nSPS) is 10.9. The van der Waals surface area contributed by atoms with Crippen LogP contribution in [0.3, 0.4) is 0 Å². The Labute approximate surface area is 229 Å². The number of carbonyl (C=O) groups is 2. The van der Waals surface area contributed by atoms with E-state index in [2.05, 4.69) is 0 Å². The summed E-state index contributed by atoms with van der Waals surface area (Å²) in [5.74, 6) is -0.601. The van der Waals surface area contributed by atoms with Gasteiger partial charge in [-0.1, -0.05) is 95.3 Å². The first-order valence-corrected chi connectivity index (χ1v) is 13.0. The minimum Gasteiger partial charge on any atom is -0.461 e. The maximum atomic E-state index is 11.9. The monoisotopic (exact) mass is 586 g/mol. The Bertz CT molecular complexity index is 870. The predicted molar refractivity (Wildman–Crippen MR) is 139 cm³/mol. The van der Waals surface area contributed by atoms with Crippen LogP contribution < -0.4 is 0 Å². The lowest BCUT2D eigenvalue weighted by Crippen LogP contribution is -2.05. The molecular formula is C24H24Cl6O4. The number of unbranched alkanes of at least 4 members (excludes halogenated alkanes) is 5. The van der Waals surface area contributed by atoms with Gasteiger partial charge in [-0.3, -0.25) is 9.59 Å². The second-order valence-electron chi connectivity index (χ2n) is 7.64. The zero-order chi connectivity index (χ0) is 25.1. The number of benzene rings is 2. The molecule has 2 aromatic rings. The van der Waals surface area contributed by atoms with Crippen LogP contribution >= 0.6 is 69.6 Å². The molecule has 0 aromatic heterocycles. The van der Waals surface area contributed by atoms with Crippen molar-refractivity contribution in [1.29, 1.82) is 0 Å². The number of hydrogen-bond acceptors (Lipinski definition) is 4. The zero-order valence-corrected chi connectivity index (χ0v) is 22.8. The molecule has 0 aliphatic heterocycles. The van der Waals surface area contributed by atoms with Crippen molar-refractivity contribution in [2.75, 3.05) is 0 Å². The van der Waals surface area contributed by atoms with Gasteiger partial charge in [0.05, 0.1) is 20.1 Å². The molecule has 34 heavy (non-hydrogen) atoms. The molecule has 186 valence electrons. The molecule has 0 aliphatic rings. The lowest BCUT2D eigenvalue weighted by Gasteiger charge is -2.09. The fourth-order valence-electron chi connectivity index (χ4n) is 3.12. The lowest BCUT2D eigenvalue weighted by atomic mass is 10.1. The Morgan fingerprint density at radius 3 is 1.15 bits per heavy atom. The van der Waals surface area contributed by atoms with Crippen molar-refractivity contribution < 1.29 is 19.1 Å². The number of rotatable bonds is 13. The van der Waals surface area contributed by atoms with Gasteiger partial charge in [0.25, 0.3) is 0 Å². The molecule has 0 N–H and O–H groups in total. The van der Waals surface area contributed by atoms with Crippen LogP contribution in [0.15, 0.2) is 24.3 Å². The second-order valence-corrected chi connectivity index (χ2v) is 10.1. The topological polar surface area (TPSA) is 52.6 Å². The minimum atomic E-state index is -0.300. The SMILES string of the molecule is O=C(CCCCCCCCC(=O)OCc1c(Cl)cc(Cl)cc1Cl)OCc1c(Cl)cc(Cl)cc1Cl. The summed E-state index contributed by atoms with van der Waals surface area (Å²) in [6, 6.07) is 6.23. The van der Waals surface area contributed by atoms with Gasteiger partial charge in [-0.2, -0.15) is 0 Å². The van der Waals surface area contributed by atoms with Gasteiger partial charge in [-0.25, -0.2) is 0 Å². The van der Waals surface area contributed by atoms with E-state index in [1.165, 1.54) is 0 Å². The van der Waals surface area contributed by atoms with E-state index in [0.717, 1.165) is 38.5 Å². The number of hydrogen-bond donors (Lipinski definition) is 0. The smallest absolute Gasteiger partial charge is 0.306 e. The lowest BCUT2D eigenvalue weighted by molar-refractivity contribution is -0.146. The molecule has 0 spiro atoms. The van der Waals surface area contributed by atoms with Crippen LogP contribution in [-0.2, 0) is 32.3 Å². The van der Waals surface area contributed by atoms with Gasteiger partial charge in [0, 0.05) is 34.0 Å². The van der Waals surface area contributed by atoms with Gasteiger partial charge >= 0.3 is 11.9 Å². The standard InChI is InChI=1S/C24H24Cl6O4/c25-15-9-19(27)17(20(28)10-15)13-33-23(31)7-5-3-1-2-4-6-8-24(32)34-14-18-21(29)11-16(26)12-22(18)30/h9-12H,1-8,13-14H2. The molecule has 4 nitrogen and oxygen atoms in total. The highest BCUT2D eigenvalue weighted by Gasteiger charge is 2.12. The molecule has 0 radical (unpaired) electrons. The highest BCUT2D eigenvalue weighted by molar-refractivity contribution is 6.40. The summed E-state index contributed by atoms with van der Waals surface area (Å²) in [5, 5.41) is 2.32. The van der Waals surface area contributed by atoms with Crippen molar-refractivity contribution in [3.8, 4) is 0 Å². The van der Waals surface area contributed by atoms with Crippen molar-refractivity contribution in [2.45, 2.75) is 64.6 Å². The summed E-state index contributed by atoms with van der Waals surface area (Å²) in [4.78, 5) is 23.9. The molecule has 10 heteroatoms. The van der Waals surface area contributed by atoms with Crippen LogP contribution in [0.5, 0.6) is 0 Å². The Balaban J connectivity index is 1.51. The highest BCUT2D eigenvalue weighted by atomic mass is 35.5. The van der Waals surface area contributed by atoms with Crippen molar-refractivity contribution in [2.24, 2.45) is 0 Å². The predicted octanol–water partition coefficient (Wildman–Crippen LogP) is 9.51. The quantitative estimate of drug-likeness (QED) is 0.173. The van der Waals surface area contributed by atoms with E-state index in [1.807, 2.05) is 0 Å². The van der Waals surface area contributed by atoms with Crippen LogP contribution in [0, 0.1) is 0 Å². The first-order chi connectivity index (χ1) is 16.2. The molecule has 2 rings (SSSR count). The Hall–Kier alpha value is -0.880. The largest absolute Gasteiger partial charge is 0.461 e. The summed E-state index contributed by atoms with van der Waals surface area (Å²) in [7, 11) is 0. The molecule has 0 atom stereocenters. The van der Waals surface area contributed by atoms with E-state index in [4.69, 9.17) is 79.1 Å². The van der Waals surface area contributed by atoms with Crippen LogP contribution in [0.1, 0.15) is 62.5 Å². The number of carbonyl (C=O) groups excluding carboxylic acids is 2. The van der Waals surface area contributed by atoms with Gasteiger partial charge < -0.3 is 9.47 Å². The molecular weight excluding hydrogens is 565 g/mol. The van der Waals surface area contributed by atoms with Crippen LogP contribution in [-0.4, -0.2) is 11.9 Å².